The fourth-order valence-corrected chi connectivity index (χ4v) is 2.33. The highest BCUT2D eigenvalue weighted by molar-refractivity contribution is 7.99. The van der Waals surface area contributed by atoms with Gasteiger partial charge in [-0.25, -0.2) is 9.97 Å². The van der Waals surface area contributed by atoms with Crippen LogP contribution in [0.4, 0.5) is 5.69 Å². The van der Waals surface area contributed by atoms with Crippen molar-refractivity contribution >= 4 is 35.0 Å². The van der Waals surface area contributed by atoms with Crippen LogP contribution in [0.5, 0.6) is 0 Å². The molecule has 6 heteroatoms. The Morgan fingerprint density at radius 1 is 1.37 bits per heavy atom. The zero-order valence-electron chi connectivity index (χ0n) is 10.3. The molecule has 1 aromatic heterocycles. The quantitative estimate of drug-likeness (QED) is 0.695. The Balaban J connectivity index is 1.88. The van der Waals surface area contributed by atoms with E-state index in [0.717, 1.165) is 10.7 Å². The van der Waals surface area contributed by atoms with Crippen LogP contribution in [-0.4, -0.2) is 21.6 Å². The average molecular weight is 294 g/mol. The van der Waals surface area contributed by atoms with E-state index in [2.05, 4.69) is 15.3 Å². The maximum absolute atomic E-state index is 11.8. The highest BCUT2D eigenvalue weighted by Gasteiger charge is 2.05. The molecule has 1 heterocycles. The number of nitrogens with zero attached hydrogens (tertiary/aromatic N) is 2. The molecule has 0 saturated heterocycles. The van der Waals surface area contributed by atoms with Crippen molar-refractivity contribution in [2.24, 2.45) is 0 Å². The minimum atomic E-state index is -0.0940. The summed E-state index contributed by atoms with van der Waals surface area (Å²) >= 11 is 7.22. The maximum Gasteiger partial charge on any atom is 0.234 e. The number of aryl methyl sites for hydroxylation is 1. The predicted molar refractivity (Wildman–Crippen MR) is 77.6 cm³/mol. The van der Waals surface area contributed by atoms with Crippen molar-refractivity contribution in [1.82, 2.24) is 9.97 Å². The first-order valence-corrected chi connectivity index (χ1v) is 6.97. The molecule has 1 N–H and O–H groups in total. The topological polar surface area (TPSA) is 54.9 Å². The number of carbonyl (C=O) groups excluding carboxylic acids is 1. The Morgan fingerprint density at radius 3 is 2.95 bits per heavy atom. The van der Waals surface area contributed by atoms with Crippen molar-refractivity contribution in [1.29, 1.82) is 0 Å². The number of carbonyl (C=O) groups is 1. The van der Waals surface area contributed by atoms with Gasteiger partial charge in [0.25, 0.3) is 0 Å². The van der Waals surface area contributed by atoms with Gasteiger partial charge >= 0.3 is 0 Å². The van der Waals surface area contributed by atoms with Crippen LogP contribution in [0, 0.1) is 6.92 Å². The summed E-state index contributed by atoms with van der Waals surface area (Å²) in [4.78, 5) is 19.9. The molecule has 0 saturated carbocycles. The number of rotatable bonds is 4. The van der Waals surface area contributed by atoms with Gasteiger partial charge in [-0.1, -0.05) is 29.4 Å². The zero-order valence-corrected chi connectivity index (χ0v) is 11.8. The van der Waals surface area contributed by atoms with Gasteiger partial charge in [0.2, 0.25) is 5.91 Å². The molecule has 0 bridgehead atoms. The van der Waals surface area contributed by atoms with E-state index in [1.807, 2.05) is 13.0 Å². The molecule has 0 fully saturated rings. The van der Waals surface area contributed by atoms with E-state index in [4.69, 9.17) is 11.6 Å². The Bertz CT molecular complexity index is 592. The summed E-state index contributed by atoms with van der Waals surface area (Å²) in [6, 6.07) is 8.90. The van der Waals surface area contributed by atoms with Gasteiger partial charge in [-0.3, -0.25) is 4.79 Å². The van der Waals surface area contributed by atoms with E-state index >= 15 is 0 Å². The molecule has 98 valence electrons. The van der Waals surface area contributed by atoms with Gasteiger partial charge in [-0.2, -0.15) is 0 Å². The van der Waals surface area contributed by atoms with Crippen molar-refractivity contribution in [3.05, 3.63) is 47.4 Å². The highest BCUT2D eigenvalue weighted by Crippen LogP contribution is 2.17. The van der Waals surface area contributed by atoms with E-state index in [0.29, 0.717) is 16.5 Å². The lowest BCUT2D eigenvalue weighted by Crippen LogP contribution is -2.14. The fraction of sp³-hybridized carbons (Fsp3) is 0.154. The molecule has 0 spiro atoms. The zero-order chi connectivity index (χ0) is 13.7. The number of aromatic nitrogens is 2. The van der Waals surface area contributed by atoms with Gasteiger partial charge in [0.1, 0.15) is 11.4 Å². The number of nitrogens with one attached hydrogen (secondary N) is 1. The molecule has 1 aromatic carbocycles. The second kappa shape index (κ2) is 6.54. The summed E-state index contributed by atoms with van der Waals surface area (Å²) in [5.74, 6) is 0.201. The maximum atomic E-state index is 11.8. The van der Waals surface area contributed by atoms with E-state index < -0.39 is 0 Å². The molecule has 0 aliphatic rings. The van der Waals surface area contributed by atoms with E-state index in [-0.39, 0.29) is 5.91 Å². The average Bonchev–Trinajstić information content (AvgIpc) is 2.36. The minimum absolute atomic E-state index is 0.0940. The Labute approximate surface area is 120 Å². The van der Waals surface area contributed by atoms with Crippen molar-refractivity contribution in [3.63, 3.8) is 0 Å². The normalized spacial score (nSPS) is 10.2. The van der Waals surface area contributed by atoms with Crippen LogP contribution < -0.4 is 5.32 Å². The van der Waals surface area contributed by atoms with Gasteiger partial charge in [-0.15, -0.1) is 0 Å². The smallest absolute Gasteiger partial charge is 0.234 e. The molecule has 4 nitrogen and oxygen atoms in total. The summed E-state index contributed by atoms with van der Waals surface area (Å²) < 4.78 is 0. The van der Waals surface area contributed by atoms with Gasteiger partial charge in [0, 0.05) is 16.4 Å². The fourth-order valence-electron chi connectivity index (χ4n) is 1.41. The first-order chi connectivity index (χ1) is 9.13. The lowest BCUT2D eigenvalue weighted by Gasteiger charge is -2.05. The summed E-state index contributed by atoms with van der Waals surface area (Å²) in [7, 11) is 0. The van der Waals surface area contributed by atoms with E-state index in [9.17, 15) is 4.79 Å². The lowest BCUT2D eigenvalue weighted by molar-refractivity contribution is -0.113. The number of halogens is 1. The number of thioether (sulfide) groups is 1. The van der Waals surface area contributed by atoms with Crippen LogP contribution in [-0.2, 0) is 4.79 Å². The molecular weight excluding hydrogens is 282 g/mol. The van der Waals surface area contributed by atoms with Crippen LogP contribution >= 0.6 is 23.4 Å². The summed E-state index contributed by atoms with van der Waals surface area (Å²) in [6.45, 7) is 1.89. The van der Waals surface area contributed by atoms with Gasteiger partial charge < -0.3 is 5.32 Å². The molecule has 0 aliphatic heterocycles. The second-order valence-electron chi connectivity index (χ2n) is 3.84. The molecule has 2 aromatic rings. The number of hydrogen-bond donors (Lipinski definition) is 1. The third-order valence-corrected chi connectivity index (χ3v) is 3.40. The van der Waals surface area contributed by atoms with Crippen LogP contribution in [0.2, 0.25) is 5.02 Å². The summed E-state index contributed by atoms with van der Waals surface area (Å²) in [5, 5.41) is 4.16. The van der Waals surface area contributed by atoms with Gasteiger partial charge in [-0.05, 0) is 31.2 Å². The Morgan fingerprint density at radius 2 is 2.21 bits per heavy atom. The first-order valence-electron chi connectivity index (χ1n) is 5.60. The van der Waals surface area contributed by atoms with Gasteiger partial charge in [0.15, 0.2) is 0 Å². The first kappa shape index (κ1) is 13.8. The highest BCUT2D eigenvalue weighted by atomic mass is 35.5. The van der Waals surface area contributed by atoms with Crippen molar-refractivity contribution in [2.75, 3.05) is 11.1 Å². The summed E-state index contributed by atoms with van der Waals surface area (Å²) in [6.07, 6.45) is 1.49. The minimum Gasteiger partial charge on any atom is -0.325 e. The number of amides is 1. The Kier molecular flexibility index (Phi) is 4.76. The Hall–Kier alpha value is -1.59. The standard InChI is InChI=1S/C13H12ClN3OS/c1-9-5-13(16-8-15-9)19-7-12(18)17-11-4-2-3-10(14)6-11/h2-6,8H,7H2,1H3,(H,17,18). The lowest BCUT2D eigenvalue weighted by atomic mass is 10.3. The van der Waals surface area contributed by atoms with Crippen LogP contribution in [0.3, 0.4) is 0 Å². The molecule has 0 radical (unpaired) electrons. The van der Waals surface area contributed by atoms with Crippen molar-refractivity contribution in [2.45, 2.75) is 11.9 Å². The molecule has 0 atom stereocenters. The molecule has 0 aliphatic carbocycles. The van der Waals surface area contributed by atoms with Crippen LogP contribution in [0.15, 0.2) is 41.7 Å². The van der Waals surface area contributed by atoms with E-state index in [1.54, 1.807) is 24.3 Å². The van der Waals surface area contributed by atoms with Crippen LogP contribution in [0.1, 0.15) is 5.69 Å². The second-order valence-corrected chi connectivity index (χ2v) is 5.28. The monoisotopic (exact) mass is 293 g/mol. The number of anilines is 1. The van der Waals surface area contributed by atoms with Crippen molar-refractivity contribution < 1.29 is 4.79 Å². The molecule has 0 unspecified atom stereocenters. The van der Waals surface area contributed by atoms with Crippen LogP contribution in [0.25, 0.3) is 0 Å². The van der Waals surface area contributed by atoms with Gasteiger partial charge in [0.05, 0.1) is 5.75 Å². The third-order valence-electron chi connectivity index (χ3n) is 2.24. The predicted octanol–water partition coefficient (Wildman–Crippen LogP) is 3.17. The molecule has 2 rings (SSSR count). The number of benzene rings is 1. The molecule has 1 amide bonds. The van der Waals surface area contributed by atoms with Crippen molar-refractivity contribution in [3.8, 4) is 0 Å². The third kappa shape index (κ3) is 4.54. The SMILES string of the molecule is Cc1cc(SCC(=O)Nc2cccc(Cl)c2)ncn1. The molecule has 19 heavy (non-hydrogen) atoms. The summed E-state index contributed by atoms with van der Waals surface area (Å²) in [5.41, 5.74) is 1.57. The van der Waals surface area contributed by atoms with E-state index in [1.165, 1.54) is 18.1 Å². The number of hydrogen-bond acceptors (Lipinski definition) is 4. The largest absolute Gasteiger partial charge is 0.325 e. The molecular formula is C13H12ClN3OS.